The summed E-state index contributed by atoms with van der Waals surface area (Å²) in [7, 11) is 3.16. The Bertz CT molecular complexity index is 759. The van der Waals surface area contributed by atoms with Gasteiger partial charge in [0.1, 0.15) is 12.4 Å². The van der Waals surface area contributed by atoms with Gasteiger partial charge >= 0.3 is 5.69 Å². The standard InChI is InChI=1S/C17H22N4O5/c1-25-15-6-5-13(10-16(15)26-2)7-8-18-17(22)4-3-9-20-12-14(11-19-20)21(23)24/h5-6,10-12H,3-4,7-9H2,1-2H3,(H,18,22). The first-order valence-corrected chi connectivity index (χ1v) is 8.18. The second-order valence-corrected chi connectivity index (χ2v) is 5.61. The average Bonchev–Trinajstić information content (AvgIpc) is 3.11. The second-order valence-electron chi connectivity index (χ2n) is 5.61. The lowest BCUT2D eigenvalue weighted by atomic mass is 10.1. The molecule has 0 aliphatic heterocycles. The fourth-order valence-electron chi connectivity index (χ4n) is 2.44. The summed E-state index contributed by atoms with van der Waals surface area (Å²) in [6.45, 7) is 0.971. The van der Waals surface area contributed by atoms with Crippen molar-refractivity contribution in [3.8, 4) is 11.5 Å². The first-order valence-electron chi connectivity index (χ1n) is 8.18. The molecule has 0 bridgehead atoms. The van der Waals surface area contributed by atoms with E-state index in [-0.39, 0.29) is 11.6 Å². The van der Waals surface area contributed by atoms with Crippen LogP contribution in [-0.4, -0.2) is 41.4 Å². The zero-order chi connectivity index (χ0) is 18.9. The minimum Gasteiger partial charge on any atom is -0.493 e. The molecule has 0 aliphatic rings. The van der Waals surface area contributed by atoms with Crippen LogP contribution in [0.1, 0.15) is 18.4 Å². The Morgan fingerprint density at radius 3 is 2.73 bits per heavy atom. The molecular formula is C17H22N4O5. The summed E-state index contributed by atoms with van der Waals surface area (Å²) in [5, 5.41) is 17.3. The molecule has 0 spiro atoms. The van der Waals surface area contributed by atoms with Crippen molar-refractivity contribution >= 4 is 11.6 Å². The van der Waals surface area contributed by atoms with Gasteiger partial charge in [0.15, 0.2) is 11.5 Å². The number of hydrogen-bond acceptors (Lipinski definition) is 6. The Labute approximate surface area is 151 Å². The average molecular weight is 362 g/mol. The molecule has 0 atom stereocenters. The lowest BCUT2D eigenvalue weighted by Gasteiger charge is -2.10. The van der Waals surface area contributed by atoms with Gasteiger partial charge in [-0.2, -0.15) is 5.10 Å². The Kier molecular flexibility index (Phi) is 6.95. The van der Waals surface area contributed by atoms with E-state index in [9.17, 15) is 14.9 Å². The molecule has 1 aromatic heterocycles. The van der Waals surface area contributed by atoms with Gasteiger partial charge in [0, 0.05) is 19.5 Å². The van der Waals surface area contributed by atoms with Crippen LogP contribution in [0.5, 0.6) is 11.5 Å². The molecular weight excluding hydrogens is 340 g/mol. The summed E-state index contributed by atoms with van der Waals surface area (Å²) in [6.07, 6.45) is 4.12. The second kappa shape index (κ2) is 9.40. The molecule has 0 unspecified atom stereocenters. The van der Waals surface area contributed by atoms with Crippen LogP contribution in [0.2, 0.25) is 0 Å². The lowest BCUT2D eigenvalue weighted by molar-refractivity contribution is -0.385. The monoisotopic (exact) mass is 362 g/mol. The van der Waals surface area contributed by atoms with Crippen molar-refractivity contribution in [1.82, 2.24) is 15.1 Å². The van der Waals surface area contributed by atoms with E-state index < -0.39 is 4.92 Å². The predicted molar refractivity (Wildman–Crippen MR) is 94.4 cm³/mol. The number of nitrogens with zero attached hydrogens (tertiary/aromatic N) is 3. The predicted octanol–water partition coefficient (Wildman–Crippen LogP) is 1.95. The van der Waals surface area contributed by atoms with Crippen molar-refractivity contribution in [1.29, 1.82) is 0 Å². The molecule has 0 saturated heterocycles. The molecule has 1 amide bonds. The maximum Gasteiger partial charge on any atom is 0.306 e. The number of nitrogens with one attached hydrogen (secondary N) is 1. The number of aromatic nitrogens is 2. The Hall–Kier alpha value is -3.10. The molecule has 1 aromatic carbocycles. The van der Waals surface area contributed by atoms with E-state index >= 15 is 0 Å². The third kappa shape index (κ3) is 5.47. The number of hydrogen-bond donors (Lipinski definition) is 1. The molecule has 0 fully saturated rings. The molecule has 1 N–H and O–H groups in total. The number of rotatable bonds is 10. The first-order chi connectivity index (χ1) is 12.5. The topological polar surface area (TPSA) is 109 Å². The molecule has 0 saturated carbocycles. The fourth-order valence-corrected chi connectivity index (χ4v) is 2.44. The van der Waals surface area contributed by atoms with E-state index in [0.29, 0.717) is 43.9 Å². The van der Waals surface area contributed by atoms with Crippen molar-refractivity contribution in [2.45, 2.75) is 25.8 Å². The van der Waals surface area contributed by atoms with Crippen LogP contribution in [0.15, 0.2) is 30.6 Å². The smallest absolute Gasteiger partial charge is 0.306 e. The van der Waals surface area contributed by atoms with Gasteiger partial charge in [-0.3, -0.25) is 19.6 Å². The number of aryl methyl sites for hydroxylation is 1. The number of carbonyl (C=O) groups is 1. The molecule has 2 rings (SSSR count). The van der Waals surface area contributed by atoms with Crippen molar-refractivity contribution in [2.75, 3.05) is 20.8 Å². The zero-order valence-electron chi connectivity index (χ0n) is 14.8. The number of benzene rings is 1. The zero-order valence-corrected chi connectivity index (χ0v) is 14.8. The van der Waals surface area contributed by atoms with Gasteiger partial charge in [0.05, 0.1) is 19.1 Å². The Morgan fingerprint density at radius 1 is 1.31 bits per heavy atom. The summed E-state index contributed by atoms with van der Waals surface area (Å²) in [6, 6.07) is 5.65. The highest BCUT2D eigenvalue weighted by Gasteiger charge is 2.09. The summed E-state index contributed by atoms with van der Waals surface area (Å²) in [5.74, 6) is 1.26. The molecule has 0 radical (unpaired) electrons. The van der Waals surface area contributed by atoms with E-state index in [4.69, 9.17) is 9.47 Å². The highest BCUT2D eigenvalue weighted by molar-refractivity contribution is 5.75. The van der Waals surface area contributed by atoms with Crippen LogP contribution in [0.3, 0.4) is 0 Å². The van der Waals surface area contributed by atoms with Crippen molar-refractivity contribution < 1.29 is 19.2 Å². The number of amides is 1. The molecule has 1 heterocycles. The van der Waals surface area contributed by atoms with Crippen LogP contribution in [-0.2, 0) is 17.8 Å². The molecule has 0 aliphatic carbocycles. The van der Waals surface area contributed by atoms with Gasteiger partial charge in [-0.1, -0.05) is 6.07 Å². The number of carbonyl (C=O) groups excluding carboxylic acids is 1. The first kappa shape index (κ1) is 19.2. The van der Waals surface area contributed by atoms with Crippen LogP contribution in [0.4, 0.5) is 5.69 Å². The number of methoxy groups -OCH3 is 2. The van der Waals surface area contributed by atoms with Crippen LogP contribution in [0, 0.1) is 10.1 Å². The van der Waals surface area contributed by atoms with Gasteiger partial charge in [-0.25, -0.2) is 0 Å². The van der Waals surface area contributed by atoms with E-state index in [1.165, 1.54) is 17.1 Å². The lowest BCUT2D eigenvalue weighted by Crippen LogP contribution is -2.25. The van der Waals surface area contributed by atoms with Gasteiger partial charge in [0.2, 0.25) is 5.91 Å². The van der Waals surface area contributed by atoms with Crippen molar-refractivity contribution in [2.24, 2.45) is 0 Å². The summed E-state index contributed by atoms with van der Waals surface area (Å²) in [5.41, 5.74) is 0.983. The third-order valence-electron chi connectivity index (χ3n) is 3.81. The van der Waals surface area contributed by atoms with Crippen molar-refractivity contribution in [3.05, 3.63) is 46.3 Å². The van der Waals surface area contributed by atoms with Crippen LogP contribution < -0.4 is 14.8 Å². The van der Waals surface area contributed by atoms with Crippen LogP contribution in [0.25, 0.3) is 0 Å². The van der Waals surface area contributed by atoms with Crippen LogP contribution >= 0.6 is 0 Å². The Morgan fingerprint density at radius 2 is 2.08 bits per heavy atom. The quantitative estimate of drug-likeness (QED) is 0.511. The minimum atomic E-state index is -0.496. The SMILES string of the molecule is COc1ccc(CCNC(=O)CCCn2cc([N+](=O)[O-])cn2)cc1OC. The van der Waals surface area contributed by atoms with E-state index in [1.807, 2.05) is 18.2 Å². The number of ether oxygens (including phenoxy) is 2. The molecule has 9 nitrogen and oxygen atoms in total. The molecule has 26 heavy (non-hydrogen) atoms. The fraction of sp³-hybridized carbons (Fsp3) is 0.412. The summed E-state index contributed by atoms with van der Waals surface area (Å²) < 4.78 is 11.9. The summed E-state index contributed by atoms with van der Waals surface area (Å²) in [4.78, 5) is 22.0. The van der Waals surface area contributed by atoms with Crippen molar-refractivity contribution in [3.63, 3.8) is 0 Å². The largest absolute Gasteiger partial charge is 0.493 e. The van der Waals surface area contributed by atoms with Gasteiger partial charge in [-0.05, 0) is 30.5 Å². The van der Waals surface area contributed by atoms with E-state index in [0.717, 1.165) is 5.56 Å². The summed E-state index contributed by atoms with van der Waals surface area (Å²) >= 11 is 0. The third-order valence-corrected chi connectivity index (χ3v) is 3.81. The molecule has 9 heteroatoms. The van der Waals surface area contributed by atoms with E-state index in [1.54, 1.807) is 14.2 Å². The highest BCUT2D eigenvalue weighted by Crippen LogP contribution is 2.27. The normalized spacial score (nSPS) is 10.4. The Balaban J connectivity index is 1.69. The maximum atomic E-state index is 11.9. The van der Waals surface area contributed by atoms with E-state index in [2.05, 4.69) is 10.4 Å². The highest BCUT2D eigenvalue weighted by atomic mass is 16.6. The van der Waals surface area contributed by atoms with Gasteiger partial charge in [0.25, 0.3) is 0 Å². The molecule has 140 valence electrons. The number of nitro groups is 1. The minimum absolute atomic E-state index is 0.0515. The molecule has 2 aromatic rings. The maximum absolute atomic E-state index is 11.9. The van der Waals surface area contributed by atoms with Gasteiger partial charge < -0.3 is 14.8 Å². The van der Waals surface area contributed by atoms with Gasteiger partial charge in [-0.15, -0.1) is 0 Å².